The van der Waals surface area contributed by atoms with Crippen molar-refractivity contribution in [1.82, 2.24) is 14.6 Å². The van der Waals surface area contributed by atoms with Gasteiger partial charge in [0.15, 0.2) is 5.65 Å². The summed E-state index contributed by atoms with van der Waals surface area (Å²) in [7, 11) is 0. The number of alkyl halides is 3. The summed E-state index contributed by atoms with van der Waals surface area (Å²) in [5, 5.41) is 17.2. The Labute approximate surface area is 182 Å². The number of nitro groups is 1. The van der Waals surface area contributed by atoms with Gasteiger partial charge in [0, 0.05) is 32.7 Å². The smallest absolute Gasteiger partial charge is 0.320 e. The van der Waals surface area contributed by atoms with Crippen molar-refractivity contribution < 1.29 is 22.9 Å². The van der Waals surface area contributed by atoms with Crippen molar-refractivity contribution in [3.8, 4) is 0 Å². The molecule has 3 aromatic rings. The quantitative estimate of drug-likeness (QED) is 0.351. The topological polar surface area (TPSA) is 102 Å². The maximum atomic E-state index is 13.5. The highest BCUT2D eigenvalue weighted by Crippen LogP contribution is 2.41. The number of non-ortho nitro benzene ring substituents is 1. The van der Waals surface area contributed by atoms with Crippen molar-refractivity contribution in [3.63, 3.8) is 0 Å². The fourth-order valence-electron chi connectivity index (χ4n) is 2.90. The summed E-state index contributed by atoms with van der Waals surface area (Å²) in [6.07, 6.45) is -2.19. The van der Waals surface area contributed by atoms with E-state index >= 15 is 0 Å². The molecule has 8 nitrogen and oxygen atoms in total. The number of benzene rings is 1. The highest BCUT2D eigenvalue weighted by molar-refractivity contribution is 9.11. The number of hydrogen-bond acceptors (Lipinski definition) is 5. The van der Waals surface area contributed by atoms with E-state index in [0.717, 1.165) is 25.1 Å². The van der Waals surface area contributed by atoms with Crippen LogP contribution in [-0.4, -0.2) is 25.4 Å². The van der Waals surface area contributed by atoms with E-state index < -0.39 is 22.7 Å². The molecule has 1 amide bonds. The third-order valence-electron chi connectivity index (χ3n) is 4.50. The molecule has 1 fully saturated rings. The average molecular weight is 549 g/mol. The zero-order valence-electron chi connectivity index (χ0n) is 14.7. The molecule has 0 aliphatic heterocycles. The summed E-state index contributed by atoms with van der Waals surface area (Å²) in [6.45, 7) is 0. The van der Waals surface area contributed by atoms with Crippen LogP contribution in [0.4, 0.5) is 24.5 Å². The summed E-state index contributed by atoms with van der Waals surface area (Å²) in [6, 6.07) is 3.35. The fraction of sp³-hybridized carbons (Fsp3) is 0.235. The molecule has 0 unspecified atom stereocenters. The maximum absolute atomic E-state index is 13.5. The van der Waals surface area contributed by atoms with Crippen LogP contribution in [0.2, 0.25) is 0 Å². The van der Waals surface area contributed by atoms with E-state index in [4.69, 9.17) is 0 Å². The van der Waals surface area contributed by atoms with Crippen LogP contribution in [0.15, 0.2) is 33.3 Å². The molecule has 0 saturated heterocycles. The minimum atomic E-state index is -4.67. The second-order valence-corrected chi connectivity index (χ2v) is 8.34. The Hall–Kier alpha value is -2.54. The number of nitrogens with one attached hydrogen (secondary N) is 1. The molecule has 0 radical (unpaired) electrons. The van der Waals surface area contributed by atoms with Gasteiger partial charge in [-0.05, 0) is 50.8 Å². The van der Waals surface area contributed by atoms with E-state index in [0.29, 0.717) is 4.52 Å². The summed E-state index contributed by atoms with van der Waals surface area (Å²) >= 11 is 6.30. The lowest BCUT2D eigenvalue weighted by molar-refractivity contribution is -0.385. The lowest BCUT2D eigenvalue weighted by atomic mass is 10.2. The number of amides is 1. The molecule has 30 heavy (non-hydrogen) atoms. The van der Waals surface area contributed by atoms with Crippen LogP contribution in [0.3, 0.4) is 0 Å². The van der Waals surface area contributed by atoms with Gasteiger partial charge in [0.2, 0.25) is 0 Å². The Balaban J connectivity index is 1.76. The monoisotopic (exact) mass is 547 g/mol. The number of fused-ring (bicyclic) bond motifs is 1. The van der Waals surface area contributed by atoms with Crippen molar-refractivity contribution in [3.05, 3.63) is 60.4 Å². The van der Waals surface area contributed by atoms with Gasteiger partial charge in [-0.25, -0.2) is 9.50 Å². The molecule has 1 aliphatic rings. The minimum Gasteiger partial charge on any atom is -0.320 e. The first-order chi connectivity index (χ1) is 14.1. The lowest BCUT2D eigenvalue weighted by Gasteiger charge is -2.12. The van der Waals surface area contributed by atoms with Gasteiger partial charge in [0.1, 0.15) is 11.3 Å². The summed E-state index contributed by atoms with van der Waals surface area (Å²) in [4.78, 5) is 27.4. The third-order valence-corrected chi connectivity index (χ3v) is 5.75. The predicted molar refractivity (Wildman–Crippen MR) is 106 cm³/mol. The molecule has 156 valence electrons. The maximum Gasteiger partial charge on any atom is 0.433 e. The van der Waals surface area contributed by atoms with Gasteiger partial charge in [0.25, 0.3) is 11.6 Å². The minimum absolute atomic E-state index is 0.0696. The molecule has 2 aromatic heterocycles. The molecular weight excluding hydrogens is 539 g/mol. The highest BCUT2D eigenvalue weighted by atomic mass is 79.9. The first-order valence-electron chi connectivity index (χ1n) is 8.47. The Kier molecular flexibility index (Phi) is 5.04. The van der Waals surface area contributed by atoms with Gasteiger partial charge in [0.05, 0.1) is 16.8 Å². The van der Waals surface area contributed by atoms with Crippen molar-refractivity contribution in [2.24, 2.45) is 0 Å². The first kappa shape index (κ1) is 20.7. The largest absolute Gasteiger partial charge is 0.433 e. The van der Waals surface area contributed by atoms with Crippen LogP contribution in [-0.2, 0) is 6.18 Å². The molecule has 0 spiro atoms. The van der Waals surface area contributed by atoms with Gasteiger partial charge in [-0.15, -0.1) is 0 Å². The summed E-state index contributed by atoms with van der Waals surface area (Å²) in [5.41, 5.74) is -1.14. The third kappa shape index (κ3) is 3.78. The molecule has 1 aromatic carbocycles. The van der Waals surface area contributed by atoms with E-state index in [2.05, 4.69) is 47.3 Å². The molecular formula is C17H10Br2F3N5O3. The van der Waals surface area contributed by atoms with Crippen LogP contribution in [0.25, 0.3) is 5.65 Å². The molecule has 1 saturated carbocycles. The van der Waals surface area contributed by atoms with Gasteiger partial charge in [-0.2, -0.15) is 18.3 Å². The van der Waals surface area contributed by atoms with Crippen LogP contribution < -0.4 is 5.32 Å². The molecule has 0 atom stereocenters. The first-order valence-corrected chi connectivity index (χ1v) is 10.1. The van der Waals surface area contributed by atoms with Crippen molar-refractivity contribution in [1.29, 1.82) is 0 Å². The van der Waals surface area contributed by atoms with Crippen molar-refractivity contribution in [2.75, 3.05) is 5.32 Å². The summed E-state index contributed by atoms with van der Waals surface area (Å²) in [5.74, 6) is -0.825. The van der Waals surface area contributed by atoms with E-state index in [9.17, 15) is 28.1 Å². The molecule has 4 rings (SSSR count). The van der Waals surface area contributed by atoms with Gasteiger partial charge in [-0.1, -0.05) is 0 Å². The average Bonchev–Trinajstić information content (AvgIpc) is 3.42. The van der Waals surface area contributed by atoms with E-state index in [-0.39, 0.29) is 43.1 Å². The fourth-order valence-corrected chi connectivity index (χ4v) is 4.26. The van der Waals surface area contributed by atoms with Crippen molar-refractivity contribution >= 4 is 54.8 Å². The lowest BCUT2D eigenvalue weighted by Crippen LogP contribution is -2.16. The number of hydrogen-bond donors (Lipinski definition) is 1. The standard InChI is InChI=1S/C17H10Br2F3N5O3/c18-10-3-8(27(29)30)4-11(19)14(10)25-16(28)9-6-23-26-13(17(20,21)22)5-12(7-1-2-7)24-15(9)26/h3-7H,1-2H2,(H,25,28). The normalized spacial score (nSPS) is 14.2. The summed E-state index contributed by atoms with van der Waals surface area (Å²) < 4.78 is 41.5. The van der Waals surface area contributed by atoms with Crippen LogP contribution >= 0.6 is 31.9 Å². The van der Waals surface area contributed by atoms with E-state index in [1.54, 1.807) is 0 Å². The van der Waals surface area contributed by atoms with E-state index in [1.807, 2.05) is 0 Å². The zero-order chi connectivity index (χ0) is 21.8. The van der Waals surface area contributed by atoms with Crippen LogP contribution in [0.5, 0.6) is 0 Å². The van der Waals surface area contributed by atoms with Crippen LogP contribution in [0, 0.1) is 10.1 Å². The predicted octanol–water partition coefficient (Wildman–Crippen LogP) is 5.31. The number of aromatic nitrogens is 3. The number of rotatable bonds is 4. The number of nitrogens with zero attached hydrogens (tertiary/aromatic N) is 4. The van der Waals surface area contributed by atoms with Gasteiger partial charge < -0.3 is 5.32 Å². The van der Waals surface area contributed by atoms with Gasteiger partial charge >= 0.3 is 6.18 Å². The molecule has 1 N–H and O–H groups in total. The second kappa shape index (κ2) is 7.30. The molecule has 13 heteroatoms. The van der Waals surface area contributed by atoms with Crippen molar-refractivity contribution in [2.45, 2.75) is 24.9 Å². The van der Waals surface area contributed by atoms with Crippen LogP contribution in [0.1, 0.15) is 40.5 Å². The number of carbonyl (C=O) groups is 1. The Morgan fingerprint density at radius 2 is 1.87 bits per heavy atom. The second-order valence-electron chi connectivity index (χ2n) is 6.63. The van der Waals surface area contributed by atoms with Gasteiger partial charge in [-0.3, -0.25) is 14.9 Å². The number of nitro benzene ring substituents is 1. The molecule has 0 bridgehead atoms. The Bertz CT molecular complexity index is 1180. The zero-order valence-corrected chi connectivity index (χ0v) is 17.9. The molecule has 1 aliphatic carbocycles. The Morgan fingerprint density at radius 1 is 1.23 bits per heavy atom. The molecule has 2 heterocycles. The highest BCUT2D eigenvalue weighted by Gasteiger charge is 2.38. The SMILES string of the molecule is O=C(Nc1c(Br)cc([N+](=O)[O-])cc1Br)c1cnn2c(C(F)(F)F)cc(C3CC3)nc12. The number of carbonyl (C=O) groups excluding carboxylic acids is 1. The van der Waals surface area contributed by atoms with E-state index in [1.165, 1.54) is 12.1 Å². The number of anilines is 1. The Morgan fingerprint density at radius 3 is 2.40 bits per heavy atom. The number of halogens is 5.